The summed E-state index contributed by atoms with van der Waals surface area (Å²) in [7, 11) is 0. The highest BCUT2D eigenvalue weighted by Gasteiger charge is 2.31. The maximum Gasteiger partial charge on any atom is 0.343 e. The summed E-state index contributed by atoms with van der Waals surface area (Å²) < 4.78 is 5.62. The molecule has 0 radical (unpaired) electrons. The van der Waals surface area contributed by atoms with Crippen molar-refractivity contribution in [3.05, 3.63) is 65.2 Å². The number of rotatable bonds is 9. The normalized spacial score (nSPS) is 15.8. The monoisotopic (exact) mass is 392 g/mol. The first-order chi connectivity index (χ1) is 14.2. The third kappa shape index (κ3) is 5.72. The summed E-state index contributed by atoms with van der Waals surface area (Å²) in [5, 5.41) is 0. The molecule has 0 atom stereocenters. The van der Waals surface area contributed by atoms with Gasteiger partial charge in [0.1, 0.15) is 5.75 Å². The second-order valence-electron chi connectivity index (χ2n) is 8.62. The van der Waals surface area contributed by atoms with Gasteiger partial charge in [0.25, 0.3) is 0 Å². The van der Waals surface area contributed by atoms with Crippen LogP contribution in [-0.4, -0.2) is 5.97 Å². The summed E-state index contributed by atoms with van der Waals surface area (Å²) >= 11 is 0. The Morgan fingerprint density at radius 2 is 1.55 bits per heavy atom. The number of esters is 1. The van der Waals surface area contributed by atoms with E-state index in [1.54, 1.807) is 0 Å². The van der Waals surface area contributed by atoms with Crippen LogP contribution in [0.3, 0.4) is 0 Å². The van der Waals surface area contributed by atoms with Crippen LogP contribution in [0.2, 0.25) is 0 Å². The molecule has 1 aliphatic carbocycles. The molecule has 0 saturated heterocycles. The number of carbonyl (C=O) groups excluding carboxylic acids is 1. The van der Waals surface area contributed by atoms with Gasteiger partial charge in [0.15, 0.2) is 0 Å². The first-order valence-corrected chi connectivity index (χ1v) is 11.6. The minimum absolute atomic E-state index is 0.279. The Hall–Kier alpha value is -2.09. The molecule has 0 spiro atoms. The molecule has 0 aromatic heterocycles. The zero-order valence-corrected chi connectivity index (χ0v) is 18.2. The zero-order valence-electron chi connectivity index (χ0n) is 18.2. The Labute approximate surface area is 176 Å². The van der Waals surface area contributed by atoms with Crippen molar-refractivity contribution in [2.45, 2.75) is 89.9 Å². The van der Waals surface area contributed by atoms with Gasteiger partial charge in [0.05, 0.1) is 5.56 Å². The van der Waals surface area contributed by atoms with Gasteiger partial charge in [0.2, 0.25) is 0 Å². The average Bonchev–Trinajstić information content (AvgIpc) is 2.78. The third-order valence-electron chi connectivity index (χ3n) is 6.67. The largest absolute Gasteiger partial charge is 0.423 e. The minimum Gasteiger partial charge on any atom is -0.423 e. The van der Waals surface area contributed by atoms with Crippen LogP contribution in [0.4, 0.5) is 0 Å². The summed E-state index contributed by atoms with van der Waals surface area (Å²) in [5.74, 6) is 0.350. The standard InChI is InChI=1S/C27H36O2/c1-3-5-6-8-11-22-12-14-23(15-13-22)26(28)29-25-18-16-24(17-19-25)27(4-2)20-9-7-10-21-27/h12-19H,3-11,20-21H2,1-2H3. The maximum atomic E-state index is 12.5. The molecule has 0 bridgehead atoms. The van der Waals surface area contributed by atoms with Crippen molar-refractivity contribution >= 4 is 5.97 Å². The molecule has 156 valence electrons. The topological polar surface area (TPSA) is 26.3 Å². The van der Waals surface area contributed by atoms with Gasteiger partial charge < -0.3 is 4.74 Å². The van der Waals surface area contributed by atoms with Gasteiger partial charge >= 0.3 is 5.97 Å². The van der Waals surface area contributed by atoms with Gasteiger partial charge in [-0.15, -0.1) is 0 Å². The van der Waals surface area contributed by atoms with Gasteiger partial charge in [-0.2, -0.15) is 0 Å². The molecule has 0 aliphatic heterocycles. The van der Waals surface area contributed by atoms with Crippen LogP contribution in [0.5, 0.6) is 5.75 Å². The van der Waals surface area contributed by atoms with Gasteiger partial charge in [-0.3, -0.25) is 0 Å². The zero-order chi connectivity index (χ0) is 20.5. The van der Waals surface area contributed by atoms with Crippen LogP contribution in [-0.2, 0) is 11.8 Å². The van der Waals surface area contributed by atoms with Gasteiger partial charge in [-0.1, -0.05) is 76.6 Å². The van der Waals surface area contributed by atoms with E-state index in [1.165, 1.54) is 75.3 Å². The van der Waals surface area contributed by atoms with E-state index in [2.05, 4.69) is 38.1 Å². The second-order valence-corrected chi connectivity index (χ2v) is 8.62. The highest BCUT2D eigenvalue weighted by Crippen LogP contribution is 2.42. The van der Waals surface area contributed by atoms with Crippen molar-refractivity contribution in [1.29, 1.82) is 0 Å². The van der Waals surface area contributed by atoms with Gasteiger partial charge in [-0.25, -0.2) is 4.79 Å². The van der Waals surface area contributed by atoms with Crippen molar-refractivity contribution in [3.63, 3.8) is 0 Å². The molecule has 2 aromatic rings. The van der Waals surface area contributed by atoms with E-state index < -0.39 is 0 Å². The molecule has 2 nitrogen and oxygen atoms in total. The van der Waals surface area contributed by atoms with E-state index in [-0.39, 0.29) is 5.97 Å². The minimum atomic E-state index is -0.279. The molecule has 3 rings (SSSR count). The Morgan fingerprint density at radius 1 is 0.862 bits per heavy atom. The summed E-state index contributed by atoms with van der Waals surface area (Å²) in [6.45, 7) is 4.53. The van der Waals surface area contributed by atoms with Crippen molar-refractivity contribution in [2.75, 3.05) is 0 Å². The van der Waals surface area contributed by atoms with Crippen LogP contribution in [0, 0.1) is 0 Å². The molecule has 0 amide bonds. The van der Waals surface area contributed by atoms with Crippen molar-refractivity contribution in [1.82, 2.24) is 0 Å². The van der Waals surface area contributed by atoms with Gasteiger partial charge in [0, 0.05) is 0 Å². The molecular formula is C27H36O2. The summed E-state index contributed by atoms with van der Waals surface area (Å²) in [5.41, 5.74) is 3.61. The molecular weight excluding hydrogens is 356 g/mol. The Kier molecular flexibility index (Phi) is 7.91. The van der Waals surface area contributed by atoms with Crippen LogP contribution in [0.1, 0.15) is 99.5 Å². The number of aryl methyl sites for hydroxylation is 1. The fourth-order valence-electron chi connectivity index (χ4n) is 4.68. The number of benzene rings is 2. The maximum absolute atomic E-state index is 12.5. The molecule has 1 aliphatic rings. The smallest absolute Gasteiger partial charge is 0.343 e. The van der Waals surface area contributed by atoms with E-state index >= 15 is 0 Å². The fraction of sp³-hybridized carbons (Fsp3) is 0.519. The van der Waals surface area contributed by atoms with E-state index in [4.69, 9.17) is 4.74 Å². The Balaban J connectivity index is 1.57. The van der Waals surface area contributed by atoms with Crippen LogP contribution in [0.25, 0.3) is 0 Å². The lowest BCUT2D eigenvalue weighted by molar-refractivity contribution is 0.0734. The molecule has 1 saturated carbocycles. The highest BCUT2D eigenvalue weighted by molar-refractivity contribution is 5.91. The predicted molar refractivity (Wildman–Crippen MR) is 121 cm³/mol. The summed E-state index contributed by atoms with van der Waals surface area (Å²) in [4.78, 5) is 12.5. The molecule has 2 heteroatoms. The van der Waals surface area contributed by atoms with E-state index in [0.717, 1.165) is 6.42 Å². The highest BCUT2D eigenvalue weighted by atomic mass is 16.5. The fourth-order valence-corrected chi connectivity index (χ4v) is 4.68. The predicted octanol–water partition coefficient (Wildman–Crippen LogP) is 7.64. The van der Waals surface area contributed by atoms with E-state index in [9.17, 15) is 4.79 Å². The molecule has 2 aromatic carbocycles. The van der Waals surface area contributed by atoms with Gasteiger partial charge in [-0.05, 0) is 72.9 Å². The second kappa shape index (κ2) is 10.6. The number of unbranched alkanes of at least 4 members (excludes halogenated alkanes) is 3. The van der Waals surface area contributed by atoms with Crippen LogP contribution >= 0.6 is 0 Å². The first-order valence-electron chi connectivity index (χ1n) is 11.6. The quantitative estimate of drug-likeness (QED) is 0.249. The van der Waals surface area contributed by atoms with Crippen LogP contribution < -0.4 is 4.74 Å². The summed E-state index contributed by atoms with van der Waals surface area (Å²) in [6.07, 6.45) is 13.8. The lowest BCUT2D eigenvalue weighted by atomic mass is 9.68. The first kappa shape index (κ1) is 21.6. The number of hydrogen-bond donors (Lipinski definition) is 0. The van der Waals surface area contributed by atoms with Crippen molar-refractivity contribution in [3.8, 4) is 5.75 Å². The lowest BCUT2D eigenvalue weighted by Gasteiger charge is -2.37. The average molecular weight is 393 g/mol. The molecule has 1 fully saturated rings. The number of ether oxygens (including phenoxy) is 1. The number of hydrogen-bond acceptors (Lipinski definition) is 2. The molecule has 0 unspecified atom stereocenters. The Bertz CT molecular complexity index is 752. The van der Waals surface area contributed by atoms with Crippen LogP contribution in [0.15, 0.2) is 48.5 Å². The summed E-state index contributed by atoms with van der Waals surface area (Å²) in [6, 6.07) is 16.1. The molecule has 0 heterocycles. The Morgan fingerprint density at radius 3 is 2.17 bits per heavy atom. The molecule has 0 N–H and O–H groups in total. The van der Waals surface area contributed by atoms with Crippen molar-refractivity contribution in [2.24, 2.45) is 0 Å². The SMILES string of the molecule is CCCCCCc1ccc(C(=O)Oc2ccc(C3(CC)CCCCC3)cc2)cc1. The molecule has 29 heavy (non-hydrogen) atoms. The lowest BCUT2D eigenvalue weighted by Crippen LogP contribution is -2.28. The number of carbonyl (C=O) groups is 1. The van der Waals surface area contributed by atoms with Crippen molar-refractivity contribution < 1.29 is 9.53 Å². The van der Waals surface area contributed by atoms with E-state index in [0.29, 0.717) is 16.7 Å². The third-order valence-corrected chi connectivity index (χ3v) is 6.67. The van der Waals surface area contributed by atoms with E-state index in [1.807, 2.05) is 24.3 Å².